The number of nitrogens with one attached hydrogen (secondary N) is 2. The topological polar surface area (TPSA) is 62.0 Å². The Labute approximate surface area is 111 Å². The van der Waals surface area contributed by atoms with Gasteiger partial charge in [-0.2, -0.15) is 11.8 Å². The Bertz CT molecular complexity index is 472. The van der Waals surface area contributed by atoms with E-state index in [4.69, 9.17) is 0 Å². The van der Waals surface area contributed by atoms with Gasteiger partial charge in [0.2, 0.25) is 5.56 Å². The van der Waals surface area contributed by atoms with Crippen molar-refractivity contribution in [2.45, 2.75) is 37.0 Å². The molecule has 1 amide bonds. The number of hydrogen-bond donors (Lipinski definition) is 2. The van der Waals surface area contributed by atoms with Gasteiger partial charge in [0.25, 0.3) is 5.91 Å². The zero-order chi connectivity index (χ0) is 13.0. The lowest BCUT2D eigenvalue weighted by atomic mass is 9.94. The fourth-order valence-electron chi connectivity index (χ4n) is 2.34. The van der Waals surface area contributed by atoms with E-state index in [0.717, 1.165) is 19.3 Å². The summed E-state index contributed by atoms with van der Waals surface area (Å²) in [5.41, 5.74) is 0.193. The van der Waals surface area contributed by atoms with Crippen molar-refractivity contribution in [3.63, 3.8) is 0 Å². The van der Waals surface area contributed by atoms with Crippen LogP contribution in [0.1, 0.15) is 36.0 Å². The van der Waals surface area contributed by atoms with Crippen LogP contribution >= 0.6 is 11.8 Å². The molecule has 1 saturated carbocycles. The van der Waals surface area contributed by atoms with Crippen molar-refractivity contribution in [3.8, 4) is 0 Å². The maximum absolute atomic E-state index is 12.0. The molecule has 1 aromatic heterocycles. The van der Waals surface area contributed by atoms with Crippen LogP contribution in [0, 0.1) is 0 Å². The van der Waals surface area contributed by atoms with Crippen LogP contribution in [0.15, 0.2) is 23.1 Å². The molecule has 18 heavy (non-hydrogen) atoms. The molecule has 0 bridgehead atoms. The van der Waals surface area contributed by atoms with Crippen molar-refractivity contribution in [2.24, 2.45) is 0 Å². The fraction of sp³-hybridized carbons (Fsp3) is 0.538. The van der Waals surface area contributed by atoms with Crippen molar-refractivity contribution in [1.29, 1.82) is 0 Å². The summed E-state index contributed by atoms with van der Waals surface area (Å²) in [6.45, 7) is 0. The zero-order valence-corrected chi connectivity index (χ0v) is 11.3. The lowest BCUT2D eigenvalue weighted by Crippen LogP contribution is -2.39. The second-order valence-corrected chi connectivity index (χ2v) is 5.77. The van der Waals surface area contributed by atoms with Crippen molar-refractivity contribution in [1.82, 2.24) is 10.3 Å². The highest BCUT2D eigenvalue weighted by Crippen LogP contribution is 2.26. The SMILES string of the molecule is CSC1CCCC(NC(=O)c2cc[nH]c(=O)c2)C1. The van der Waals surface area contributed by atoms with Gasteiger partial charge < -0.3 is 10.3 Å². The number of amides is 1. The van der Waals surface area contributed by atoms with E-state index < -0.39 is 0 Å². The molecular formula is C13H18N2O2S. The molecular weight excluding hydrogens is 248 g/mol. The van der Waals surface area contributed by atoms with E-state index in [0.29, 0.717) is 10.8 Å². The second-order valence-electron chi connectivity index (χ2n) is 4.64. The minimum atomic E-state index is -0.242. The van der Waals surface area contributed by atoms with E-state index in [1.807, 2.05) is 11.8 Å². The number of hydrogen-bond acceptors (Lipinski definition) is 3. The molecule has 2 rings (SSSR count). The number of thioether (sulfide) groups is 1. The van der Waals surface area contributed by atoms with Gasteiger partial charge in [-0.25, -0.2) is 0 Å². The van der Waals surface area contributed by atoms with Crippen LogP contribution in [0.2, 0.25) is 0 Å². The smallest absolute Gasteiger partial charge is 0.251 e. The Hall–Kier alpha value is -1.23. The lowest BCUT2D eigenvalue weighted by Gasteiger charge is -2.28. The molecule has 0 spiro atoms. The van der Waals surface area contributed by atoms with E-state index in [1.54, 1.807) is 6.07 Å². The number of aromatic nitrogens is 1. The van der Waals surface area contributed by atoms with Crippen LogP contribution in [0.3, 0.4) is 0 Å². The third-order valence-corrected chi connectivity index (χ3v) is 4.43. The Morgan fingerprint density at radius 3 is 3.06 bits per heavy atom. The number of carbonyl (C=O) groups excluding carboxylic acids is 1. The monoisotopic (exact) mass is 266 g/mol. The number of H-pyrrole nitrogens is 1. The van der Waals surface area contributed by atoms with Crippen LogP contribution in [0.25, 0.3) is 0 Å². The van der Waals surface area contributed by atoms with Gasteiger partial charge in [0.05, 0.1) is 0 Å². The molecule has 1 aliphatic rings. The van der Waals surface area contributed by atoms with Gasteiger partial charge in [-0.15, -0.1) is 0 Å². The summed E-state index contributed by atoms with van der Waals surface area (Å²) in [7, 11) is 0. The molecule has 0 saturated heterocycles. The van der Waals surface area contributed by atoms with Gasteiger partial charge in [0.1, 0.15) is 0 Å². The molecule has 2 atom stereocenters. The maximum atomic E-state index is 12.0. The number of rotatable bonds is 3. The number of aromatic amines is 1. The third-order valence-electron chi connectivity index (χ3n) is 3.33. The Morgan fingerprint density at radius 2 is 2.33 bits per heavy atom. The lowest BCUT2D eigenvalue weighted by molar-refractivity contribution is 0.0928. The fourth-order valence-corrected chi connectivity index (χ4v) is 3.17. The van der Waals surface area contributed by atoms with Crippen LogP contribution in [-0.4, -0.2) is 28.4 Å². The molecule has 1 fully saturated rings. The van der Waals surface area contributed by atoms with Crippen LogP contribution in [0.5, 0.6) is 0 Å². The van der Waals surface area contributed by atoms with Crippen molar-refractivity contribution >= 4 is 17.7 Å². The number of pyridine rings is 1. The second kappa shape index (κ2) is 6.09. The summed E-state index contributed by atoms with van der Waals surface area (Å²) in [5.74, 6) is -0.146. The molecule has 1 heterocycles. The van der Waals surface area contributed by atoms with E-state index in [-0.39, 0.29) is 17.5 Å². The maximum Gasteiger partial charge on any atom is 0.251 e. The molecule has 5 heteroatoms. The van der Waals surface area contributed by atoms with Gasteiger partial charge in [-0.05, 0) is 31.6 Å². The van der Waals surface area contributed by atoms with Gasteiger partial charge in [0, 0.05) is 29.1 Å². The van der Waals surface area contributed by atoms with Crippen molar-refractivity contribution < 1.29 is 4.79 Å². The molecule has 1 aromatic rings. The Balaban J connectivity index is 1.97. The summed E-state index contributed by atoms with van der Waals surface area (Å²) >= 11 is 1.87. The first-order chi connectivity index (χ1) is 8.69. The first-order valence-corrected chi connectivity index (χ1v) is 7.50. The molecule has 98 valence electrons. The Morgan fingerprint density at radius 1 is 1.50 bits per heavy atom. The van der Waals surface area contributed by atoms with Gasteiger partial charge in [-0.1, -0.05) is 6.42 Å². The summed E-state index contributed by atoms with van der Waals surface area (Å²) in [6.07, 6.45) is 8.07. The van der Waals surface area contributed by atoms with Gasteiger partial charge in [0.15, 0.2) is 0 Å². The first-order valence-electron chi connectivity index (χ1n) is 6.21. The molecule has 4 nitrogen and oxygen atoms in total. The van der Waals surface area contributed by atoms with E-state index >= 15 is 0 Å². The standard InChI is InChI=1S/C13H18N2O2S/c1-18-11-4-2-3-10(8-11)15-13(17)9-5-6-14-12(16)7-9/h5-7,10-11H,2-4,8H2,1H3,(H,14,16)(H,15,17). The predicted molar refractivity (Wildman–Crippen MR) is 74.1 cm³/mol. The normalized spacial score (nSPS) is 23.6. The number of carbonyl (C=O) groups is 1. The van der Waals surface area contributed by atoms with Gasteiger partial charge in [-0.3, -0.25) is 9.59 Å². The largest absolute Gasteiger partial charge is 0.349 e. The molecule has 0 radical (unpaired) electrons. The highest BCUT2D eigenvalue weighted by molar-refractivity contribution is 7.99. The van der Waals surface area contributed by atoms with E-state index in [2.05, 4.69) is 16.6 Å². The molecule has 0 aromatic carbocycles. The summed E-state index contributed by atoms with van der Waals surface area (Å²) in [6, 6.07) is 3.21. The van der Waals surface area contributed by atoms with Crippen molar-refractivity contribution in [2.75, 3.05) is 6.26 Å². The average molecular weight is 266 g/mol. The predicted octanol–water partition coefficient (Wildman–Crippen LogP) is 1.78. The molecule has 2 unspecified atom stereocenters. The summed E-state index contributed by atoms with van der Waals surface area (Å²) in [4.78, 5) is 25.6. The Kier molecular flexibility index (Phi) is 4.47. The highest BCUT2D eigenvalue weighted by Gasteiger charge is 2.22. The van der Waals surface area contributed by atoms with E-state index in [1.165, 1.54) is 18.7 Å². The highest BCUT2D eigenvalue weighted by atomic mass is 32.2. The third kappa shape index (κ3) is 3.38. The molecule has 1 aliphatic carbocycles. The van der Waals surface area contributed by atoms with Crippen LogP contribution in [-0.2, 0) is 0 Å². The van der Waals surface area contributed by atoms with E-state index in [9.17, 15) is 9.59 Å². The average Bonchev–Trinajstić information content (AvgIpc) is 2.39. The minimum Gasteiger partial charge on any atom is -0.349 e. The quantitative estimate of drug-likeness (QED) is 0.876. The van der Waals surface area contributed by atoms with Gasteiger partial charge >= 0.3 is 0 Å². The van der Waals surface area contributed by atoms with Crippen LogP contribution in [0.4, 0.5) is 0 Å². The molecule has 2 N–H and O–H groups in total. The minimum absolute atomic E-state index is 0.146. The zero-order valence-electron chi connectivity index (χ0n) is 10.4. The summed E-state index contributed by atoms with van der Waals surface area (Å²) < 4.78 is 0. The summed E-state index contributed by atoms with van der Waals surface area (Å²) in [5, 5.41) is 3.66. The van der Waals surface area contributed by atoms with Crippen LogP contribution < -0.4 is 10.9 Å². The molecule has 0 aliphatic heterocycles. The van der Waals surface area contributed by atoms with Crippen molar-refractivity contribution in [3.05, 3.63) is 34.2 Å². The first kappa shape index (κ1) is 13.2.